The third-order valence-corrected chi connectivity index (χ3v) is 5.02. The molecule has 130 valence electrons. The molecule has 0 N–H and O–H groups in total. The van der Waals surface area contributed by atoms with E-state index in [1.54, 1.807) is 6.92 Å². The Hall–Kier alpha value is -1.88. The van der Waals surface area contributed by atoms with Crippen LogP contribution >= 0.6 is 0 Å². The number of nitrogens with zero attached hydrogens (tertiary/aromatic N) is 2. The molecule has 3 atom stereocenters. The van der Waals surface area contributed by atoms with Gasteiger partial charge in [0.1, 0.15) is 6.10 Å². The maximum absolute atomic E-state index is 12.5. The van der Waals surface area contributed by atoms with Gasteiger partial charge in [0.25, 0.3) is 5.91 Å². The smallest absolute Gasteiger partial charge is 0.251 e. The minimum absolute atomic E-state index is 0.0119. The number of benzene rings is 1. The standard InChI is InChI=1S/C19H26N2O3/c1-14-12-17(14)19(23)21-10-8-20(9-11-21)18(22)15(2)24-13-16-6-4-3-5-7-16/h3-7,14-15,17H,8-13H2,1-2H3/t14-,15+,17+/m1/s1. The molecule has 5 nitrogen and oxygen atoms in total. The summed E-state index contributed by atoms with van der Waals surface area (Å²) in [6, 6.07) is 9.85. The Kier molecular flexibility index (Phi) is 5.19. The van der Waals surface area contributed by atoms with Gasteiger partial charge in [-0.2, -0.15) is 0 Å². The van der Waals surface area contributed by atoms with Gasteiger partial charge in [0.15, 0.2) is 0 Å². The zero-order valence-corrected chi connectivity index (χ0v) is 14.5. The van der Waals surface area contributed by atoms with Crippen LogP contribution in [0.5, 0.6) is 0 Å². The highest BCUT2D eigenvalue weighted by molar-refractivity contribution is 5.83. The lowest BCUT2D eigenvalue weighted by Crippen LogP contribution is -2.53. The molecule has 0 unspecified atom stereocenters. The van der Waals surface area contributed by atoms with Crippen LogP contribution in [-0.4, -0.2) is 53.9 Å². The fraction of sp³-hybridized carbons (Fsp3) is 0.579. The summed E-state index contributed by atoms with van der Waals surface area (Å²) in [5, 5.41) is 0. The second kappa shape index (κ2) is 7.34. The van der Waals surface area contributed by atoms with Crippen molar-refractivity contribution < 1.29 is 14.3 Å². The Morgan fingerprint density at radius 1 is 1.12 bits per heavy atom. The molecule has 1 saturated heterocycles. The number of amides is 2. The van der Waals surface area contributed by atoms with Gasteiger partial charge in [-0.05, 0) is 24.8 Å². The molecule has 3 rings (SSSR count). The molecule has 1 aliphatic heterocycles. The zero-order valence-electron chi connectivity index (χ0n) is 14.5. The Labute approximate surface area is 143 Å². The summed E-state index contributed by atoms with van der Waals surface area (Å²) in [5.74, 6) is 1.03. The number of piperazine rings is 1. The second-order valence-corrected chi connectivity index (χ2v) is 6.91. The molecule has 0 aromatic heterocycles. The van der Waals surface area contributed by atoms with Crippen LogP contribution in [0.1, 0.15) is 25.8 Å². The Morgan fingerprint density at radius 2 is 1.71 bits per heavy atom. The monoisotopic (exact) mass is 330 g/mol. The fourth-order valence-corrected chi connectivity index (χ4v) is 3.17. The van der Waals surface area contributed by atoms with Crippen LogP contribution < -0.4 is 0 Å². The maximum Gasteiger partial charge on any atom is 0.251 e. The molecule has 1 aliphatic carbocycles. The predicted molar refractivity (Wildman–Crippen MR) is 91.1 cm³/mol. The summed E-state index contributed by atoms with van der Waals surface area (Å²) >= 11 is 0. The molecule has 1 aromatic rings. The van der Waals surface area contributed by atoms with Crippen molar-refractivity contribution in [2.45, 2.75) is 33.0 Å². The summed E-state index contributed by atoms with van der Waals surface area (Å²) in [7, 11) is 0. The molecular formula is C19H26N2O3. The van der Waals surface area contributed by atoms with Crippen molar-refractivity contribution in [3.63, 3.8) is 0 Å². The average Bonchev–Trinajstić information content (AvgIpc) is 3.36. The highest BCUT2D eigenvalue weighted by Gasteiger charge is 2.42. The topological polar surface area (TPSA) is 49.9 Å². The van der Waals surface area contributed by atoms with Crippen LogP contribution in [0.3, 0.4) is 0 Å². The highest BCUT2D eigenvalue weighted by Crippen LogP contribution is 2.39. The van der Waals surface area contributed by atoms with Crippen molar-refractivity contribution in [1.82, 2.24) is 9.80 Å². The lowest BCUT2D eigenvalue weighted by atomic mass is 10.2. The molecule has 2 aliphatic rings. The SMILES string of the molecule is C[C@H](OCc1ccccc1)C(=O)N1CCN(C(=O)[C@H]2C[C@H]2C)CC1. The molecule has 1 aromatic carbocycles. The van der Waals surface area contributed by atoms with Crippen molar-refractivity contribution in [3.8, 4) is 0 Å². The van der Waals surface area contributed by atoms with Crippen molar-refractivity contribution >= 4 is 11.8 Å². The van der Waals surface area contributed by atoms with Crippen molar-refractivity contribution in [2.24, 2.45) is 11.8 Å². The second-order valence-electron chi connectivity index (χ2n) is 6.91. The summed E-state index contributed by atoms with van der Waals surface area (Å²) in [6.45, 7) is 6.84. The first-order valence-corrected chi connectivity index (χ1v) is 8.79. The number of hydrogen-bond donors (Lipinski definition) is 0. The van der Waals surface area contributed by atoms with E-state index in [-0.39, 0.29) is 17.7 Å². The van der Waals surface area contributed by atoms with Gasteiger partial charge in [-0.25, -0.2) is 0 Å². The van der Waals surface area contributed by atoms with E-state index in [1.807, 2.05) is 40.1 Å². The summed E-state index contributed by atoms with van der Waals surface area (Å²) in [6.07, 6.45) is 0.554. The van der Waals surface area contributed by atoms with Gasteiger partial charge in [0.05, 0.1) is 6.61 Å². The Bertz CT molecular complexity index is 582. The predicted octanol–water partition coefficient (Wildman–Crippen LogP) is 1.92. The van der Waals surface area contributed by atoms with Crippen LogP contribution in [0, 0.1) is 11.8 Å². The number of hydrogen-bond acceptors (Lipinski definition) is 3. The summed E-state index contributed by atoms with van der Waals surface area (Å²) in [4.78, 5) is 28.5. The molecule has 0 radical (unpaired) electrons. The van der Waals surface area contributed by atoms with E-state index in [0.29, 0.717) is 38.7 Å². The summed E-state index contributed by atoms with van der Waals surface area (Å²) in [5.41, 5.74) is 1.06. The van der Waals surface area contributed by atoms with Crippen LogP contribution in [0.15, 0.2) is 30.3 Å². The average molecular weight is 330 g/mol. The summed E-state index contributed by atoms with van der Waals surface area (Å²) < 4.78 is 5.71. The van der Waals surface area contributed by atoms with Crippen LogP contribution in [0.4, 0.5) is 0 Å². The molecule has 0 bridgehead atoms. The van der Waals surface area contributed by atoms with E-state index in [0.717, 1.165) is 12.0 Å². The van der Waals surface area contributed by atoms with Gasteiger partial charge in [-0.1, -0.05) is 37.3 Å². The Balaban J connectivity index is 1.43. The zero-order chi connectivity index (χ0) is 17.1. The van der Waals surface area contributed by atoms with Gasteiger partial charge in [-0.15, -0.1) is 0 Å². The largest absolute Gasteiger partial charge is 0.364 e. The molecule has 5 heteroatoms. The van der Waals surface area contributed by atoms with E-state index in [9.17, 15) is 9.59 Å². The third kappa shape index (κ3) is 3.96. The first kappa shape index (κ1) is 17.0. The van der Waals surface area contributed by atoms with Crippen molar-refractivity contribution in [3.05, 3.63) is 35.9 Å². The molecule has 24 heavy (non-hydrogen) atoms. The number of carbonyl (C=O) groups is 2. The van der Waals surface area contributed by atoms with Crippen LogP contribution in [0.25, 0.3) is 0 Å². The maximum atomic E-state index is 12.5. The van der Waals surface area contributed by atoms with E-state index >= 15 is 0 Å². The molecule has 2 fully saturated rings. The van der Waals surface area contributed by atoms with E-state index in [4.69, 9.17) is 4.74 Å². The normalized spacial score (nSPS) is 24.6. The Morgan fingerprint density at radius 3 is 2.29 bits per heavy atom. The lowest BCUT2D eigenvalue weighted by Gasteiger charge is -2.36. The van der Waals surface area contributed by atoms with Crippen LogP contribution in [0.2, 0.25) is 0 Å². The lowest BCUT2D eigenvalue weighted by molar-refractivity contribution is -0.148. The number of carbonyl (C=O) groups excluding carboxylic acids is 2. The first-order valence-electron chi connectivity index (χ1n) is 8.79. The minimum atomic E-state index is -0.462. The van der Waals surface area contributed by atoms with Crippen molar-refractivity contribution in [2.75, 3.05) is 26.2 Å². The van der Waals surface area contributed by atoms with Crippen LogP contribution in [-0.2, 0) is 20.9 Å². The highest BCUT2D eigenvalue weighted by atomic mass is 16.5. The van der Waals surface area contributed by atoms with E-state index < -0.39 is 6.10 Å². The van der Waals surface area contributed by atoms with E-state index in [1.165, 1.54) is 0 Å². The van der Waals surface area contributed by atoms with Crippen molar-refractivity contribution in [1.29, 1.82) is 0 Å². The quantitative estimate of drug-likeness (QED) is 0.829. The van der Waals surface area contributed by atoms with E-state index in [2.05, 4.69) is 6.92 Å². The van der Waals surface area contributed by atoms with Gasteiger partial charge >= 0.3 is 0 Å². The molecule has 2 amide bonds. The molecular weight excluding hydrogens is 304 g/mol. The third-order valence-electron chi connectivity index (χ3n) is 5.02. The minimum Gasteiger partial charge on any atom is -0.364 e. The fourth-order valence-electron chi connectivity index (χ4n) is 3.17. The van der Waals surface area contributed by atoms with Gasteiger partial charge in [0, 0.05) is 32.1 Å². The van der Waals surface area contributed by atoms with Gasteiger partial charge < -0.3 is 14.5 Å². The molecule has 0 spiro atoms. The number of ether oxygens (including phenoxy) is 1. The molecule has 1 saturated carbocycles. The van der Waals surface area contributed by atoms with Gasteiger partial charge in [-0.3, -0.25) is 9.59 Å². The number of rotatable bonds is 5. The first-order chi connectivity index (χ1) is 11.6. The molecule has 1 heterocycles. The van der Waals surface area contributed by atoms with Gasteiger partial charge in [0.2, 0.25) is 5.91 Å².